The van der Waals surface area contributed by atoms with Crippen molar-refractivity contribution in [3.8, 4) is 0 Å². The number of aryl methyl sites for hydroxylation is 2. The Kier molecular flexibility index (Phi) is 4.95. The Morgan fingerprint density at radius 1 is 1.46 bits per heavy atom. The molecular weight excluding hydrogens is 399 g/mol. The number of oxime groups is 1. The van der Waals surface area contributed by atoms with Crippen LogP contribution in [0.4, 0.5) is 4.39 Å². The molecule has 0 fully saturated rings. The van der Waals surface area contributed by atoms with E-state index in [2.05, 4.69) is 41.6 Å². The maximum atomic E-state index is 13.5. The number of thiazole rings is 1. The van der Waals surface area contributed by atoms with Crippen LogP contribution in [-0.2, 0) is 18.5 Å². The first-order chi connectivity index (χ1) is 11.5. The summed E-state index contributed by atoms with van der Waals surface area (Å²) in [6, 6.07) is 4.66. The minimum absolute atomic E-state index is 0.205. The number of hydrogen-bond donors (Lipinski definition) is 0. The Morgan fingerprint density at radius 2 is 2.29 bits per heavy atom. The Morgan fingerprint density at radius 3 is 2.92 bits per heavy atom. The van der Waals surface area contributed by atoms with Gasteiger partial charge in [0.1, 0.15) is 5.82 Å². The standard InChI is InChI=1S/C14H12BrFN6OS/c1-8-5-9(3-4-11(8)16)12(13-18-20-21-22(13)2)19-23-6-10-7-24-14(15)17-10/h3-5,7H,6H2,1-2H3/b19-12-. The first kappa shape index (κ1) is 16.7. The van der Waals surface area contributed by atoms with Crippen molar-refractivity contribution in [2.24, 2.45) is 12.2 Å². The number of aromatic nitrogens is 5. The SMILES string of the molecule is Cc1cc(/C(=N/OCc2csc(Br)n2)c2nnnn2C)ccc1F. The molecule has 0 radical (unpaired) electrons. The van der Waals surface area contributed by atoms with Crippen LogP contribution in [0.5, 0.6) is 0 Å². The molecule has 0 atom stereocenters. The topological polar surface area (TPSA) is 78.1 Å². The van der Waals surface area contributed by atoms with Crippen molar-refractivity contribution >= 4 is 33.0 Å². The summed E-state index contributed by atoms with van der Waals surface area (Å²) in [6.45, 7) is 1.89. The molecule has 0 aliphatic heterocycles. The lowest BCUT2D eigenvalue weighted by molar-refractivity contribution is 0.128. The third-order valence-corrected chi connectivity index (χ3v) is 4.57. The number of halogens is 2. The molecule has 124 valence electrons. The Balaban J connectivity index is 1.91. The van der Waals surface area contributed by atoms with E-state index >= 15 is 0 Å². The third-order valence-electron chi connectivity index (χ3n) is 3.16. The fraction of sp³-hybridized carbons (Fsp3) is 0.214. The van der Waals surface area contributed by atoms with Crippen molar-refractivity contribution < 1.29 is 9.23 Å². The van der Waals surface area contributed by atoms with Crippen LogP contribution in [0.3, 0.4) is 0 Å². The van der Waals surface area contributed by atoms with Crippen molar-refractivity contribution in [1.82, 2.24) is 25.2 Å². The van der Waals surface area contributed by atoms with E-state index in [-0.39, 0.29) is 12.4 Å². The summed E-state index contributed by atoms with van der Waals surface area (Å²) in [7, 11) is 1.69. The summed E-state index contributed by atoms with van der Waals surface area (Å²) < 4.78 is 15.8. The molecule has 0 unspecified atom stereocenters. The van der Waals surface area contributed by atoms with E-state index in [1.165, 1.54) is 22.1 Å². The van der Waals surface area contributed by atoms with Gasteiger partial charge in [-0.05, 0) is 57.0 Å². The lowest BCUT2D eigenvalue weighted by atomic mass is 10.1. The van der Waals surface area contributed by atoms with Crippen LogP contribution < -0.4 is 0 Å². The van der Waals surface area contributed by atoms with Gasteiger partial charge in [-0.15, -0.1) is 16.4 Å². The summed E-state index contributed by atoms with van der Waals surface area (Å²) in [4.78, 5) is 9.64. The fourth-order valence-corrected chi connectivity index (χ4v) is 2.99. The molecule has 7 nitrogen and oxygen atoms in total. The van der Waals surface area contributed by atoms with E-state index in [1.807, 2.05) is 5.38 Å². The molecule has 3 aromatic rings. The van der Waals surface area contributed by atoms with Gasteiger partial charge in [-0.2, -0.15) is 0 Å². The molecule has 2 aromatic heterocycles. The quantitative estimate of drug-likeness (QED) is 0.477. The Labute approximate surface area is 149 Å². The normalized spacial score (nSPS) is 11.8. The molecule has 0 saturated heterocycles. The number of nitrogens with zero attached hydrogens (tertiary/aromatic N) is 6. The van der Waals surface area contributed by atoms with Gasteiger partial charge in [0.15, 0.2) is 16.2 Å². The molecule has 10 heteroatoms. The van der Waals surface area contributed by atoms with Crippen LogP contribution in [0.2, 0.25) is 0 Å². The average molecular weight is 411 g/mol. The summed E-state index contributed by atoms with van der Waals surface area (Å²) in [5, 5.41) is 17.4. The Bertz CT molecular complexity index is 893. The minimum Gasteiger partial charge on any atom is -0.389 e. The number of benzene rings is 1. The van der Waals surface area contributed by atoms with Crippen LogP contribution in [0.1, 0.15) is 22.6 Å². The molecule has 2 heterocycles. The van der Waals surface area contributed by atoms with Crippen molar-refractivity contribution in [1.29, 1.82) is 0 Å². The highest BCUT2D eigenvalue weighted by Crippen LogP contribution is 2.17. The zero-order chi connectivity index (χ0) is 17.1. The predicted octanol–water partition coefficient (Wildman–Crippen LogP) is 2.85. The van der Waals surface area contributed by atoms with Crippen molar-refractivity contribution in [3.05, 3.63) is 56.0 Å². The van der Waals surface area contributed by atoms with Crippen molar-refractivity contribution in [2.75, 3.05) is 0 Å². The highest BCUT2D eigenvalue weighted by molar-refractivity contribution is 9.11. The van der Waals surface area contributed by atoms with E-state index < -0.39 is 0 Å². The molecule has 24 heavy (non-hydrogen) atoms. The van der Waals surface area contributed by atoms with E-state index in [0.29, 0.717) is 22.7 Å². The van der Waals surface area contributed by atoms with Gasteiger partial charge >= 0.3 is 0 Å². The fourth-order valence-electron chi connectivity index (χ4n) is 1.96. The molecule has 1 aromatic carbocycles. The van der Waals surface area contributed by atoms with Crippen LogP contribution in [0.25, 0.3) is 0 Å². The van der Waals surface area contributed by atoms with Gasteiger partial charge in [0.05, 0.1) is 5.69 Å². The largest absolute Gasteiger partial charge is 0.389 e. The van der Waals surface area contributed by atoms with Gasteiger partial charge in [-0.25, -0.2) is 14.1 Å². The second-order valence-corrected chi connectivity index (χ2v) is 7.03. The number of hydrogen-bond acceptors (Lipinski definition) is 7. The monoisotopic (exact) mass is 410 g/mol. The second-order valence-electron chi connectivity index (χ2n) is 4.90. The number of rotatable bonds is 5. The predicted molar refractivity (Wildman–Crippen MR) is 90.2 cm³/mol. The summed E-state index contributed by atoms with van der Waals surface area (Å²) in [6.07, 6.45) is 0. The molecule has 0 amide bonds. The van der Waals surface area contributed by atoms with Gasteiger partial charge in [0, 0.05) is 18.0 Å². The van der Waals surface area contributed by atoms with Crippen LogP contribution in [-0.4, -0.2) is 30.9 Å². The summed E-state index contributed by atoms with van der Waals surface area (Å²) in [5.74, 6) is 0.128. The van der Waals surface area contributed by atoms with Crippen molar-refractivity contribution in [3.63, 3.8) is 0 Å². The van der Waals surface area contributed by atoms with Crippen LogP contribution in [0.15, 0.2) is 32.7 Å². The number of tetrazole rings is 1. The molecular formula is C14H12BrFN6OS. The lowest BCUT2D eigenvalue weighted by Crippen LogP contribution is -2.12. The van der Waals surface area contributed by atoms with E-state index in [9.17, 15) is 4.39 Å². The third kappa shape index (κ3) is 3.65. The molecule has 0 aliphatic rings. The summed E-state index contributed by atoms with van der Waals surface area (Å²) in [5.41, 5.74) is 2.33. The van der Waals surface area contributed by atoms with Crippen molar-refractivity contribution in [2.45, 2.75) is 13.5 Å². The molecule has 3 rings (SSSR count). The Hall–Kier alpha value is -2.20. The van der Waals surface area contributed by atoms with Crippen LogP contribution in [0, 0.1) is 12.7 Å². The van der Waals surface area contributed by atoms with Gasteiger partial charge < -0.3 is 4.84 Å². The van der Waals surface area contributed by atoms with Crippen LogP contribution >= 0.6 is 27.3 Å². The lowest BCUT2D eigenvalue weighted by Gasteiger charge is -2.07. The van der Waals surface area contributed by atoms with E-state index in [4.69, 9.17) is 4.84 Å². The first-order valence-corrected chi connectivity index (χ1v) is 8.51. The summed E-state index contributed by atoms with van der Waals surface area (Å²) >= 11 is 4.76. The second kappa shape index (κ2) is 7.14. The smallest absolute Gasteiger partial charge is 0.204 e. The van der Waals surface area contributed by atoms with Gasteiger partial charge in [0.2, 0.25) is 5.82 Å². The highest BCUT2D eigenvalue weighted by atomic mass is 79.9. The van der Waals surface area contributed by atoms with Gasteiger partial charge in [-0.1, -0.05) is 5.16 Å². The molecule has 0 aliphatic carbocycles. The molecule has 0 spiro atoms. The highest BCUT2D eigenvalue weighted by Gasteiger charge is 2.16. The zero-order valence-corrected chi connectivity index (χ0v) is 15.2. The molecule has 0 saturated carbocycles. The average Bonchev–Trinajstić information content (AvgIpc) is 3.15. The van der Waals surface area contributed by atoms with E-state index in [1.54, 1.807) is 26.1 Å². The maximum Gasteiger partial charge on any atom is 0.204 e. The molecule has 0 N–H and O–H groups in total. The minimum atomic E-state index is -0.289. The first-order valence-electron chi connectivity index (χ1n) is 6.83. The van der Waals surface area contributed by atoms with E-state index in [0.717, 1.165) is 9.61 Å². The maximum absolute atomic E-state index is 13.5. The van der Waals surface area contributed by atoms with Gasteiger partial charge in [0.25, 0.3) is 0 Å². The van der Waals surface area contributed by atoms with Gasteiger partial charge in [-0.3, -0.25) is 0 Å². The zero-order valence-electron chi connectivity index (χ0n) is 12.8. The molecule has 0 bridgehead atoms.